The summed E-state index contributed by atoms with van der Waals surface area (Å²) < 4.78 is 4.36. The highest BCUT2D eigenvalue weighted by Crippen LogP contribution is 1.65. The molecule has 0 bridgehead atoms. The molecule has 70 valence electrons. The zero-order valence-corrected chi connectivity index (χ0v) is 8.11. The van der Waals surface area contributed by atoms with Gasteiger partial charge in [-0.2, -0.15) is 0 Å². The zero-order chi connectivity index (χ0) is 8.83. The van der Waals surface area contributed by atoms with Gasteiger partial charge in [-0.1, -0.05) is 13.2 Å². The van der Waals surface area contributed by atoms with Crippen LogP contribution in [0.1, 0.15) is 0 Å². The normalized spacial score (nSPS) is 4.73. The Hall–Kier alpha value is -0.510. The average molecular weight is 184 g/mol. The van der Waals surface area contributed by atoms with Crippen LogP contribution in [0.3, 0.4) is 0 Å². The van der Waals surface area contributed by atoms with Crippen molar-refractivity contribution >= 4 is 11.6 Å². The molecule has 0 aromatic carbocycles. The summed E-state index contributed by atoms with van der Waals surface area (Å²) in [6.45, 7) is 6.51. The molecule has 0 rings (SSSR count). The van der Waals surface area contributed by atoms with Crippen LogP contribution in [0.5, 0.6) is 0 Å². The molecule has 0 aromatic rings. The summed E-state index contributed by atoms with van der Waals surface area (Å²) in [5.41, 5.74) is 0. The van der Waals surface area contributed by atoms with Crippen LogP contribution >= 0.6 is 11.6 Å². The first kappa shape index (κ1) is 22.4. The topological polar surface area (TPSA) is 52.8 Å². The fourth-order valence-corrected chi connectivity index (χ4v) is 0.0680. The Balaban J connectivity index is -0.0000000360. The summed E-state index contributed by atoms with van der Waals surface area (Å²) in [6.07, 6.45) is 4.10. The minimum atomic E-state index is 0. The summed E-state index contributed by atoms with van der Waals surface area (Å²) in [4.78, 5) is 0. The molecule has 0 aliphatic heterocycles. The Bertz CT molecular complexity index is 54.4. The SMILES string of the molecule is C=COC=C.CCl.CNC.O. The van der Waals surface area contributed by atoms with Gasteiger partial charge in [-0.05, 0) is 14.1 Å². The van der Waals surface area contributed by atoms with Crippen molar-refractivity contribution < 1.29 is 10.2 Å². The fraction of sp³-hybridized carbons (Fsp3) is 0.429. The summed E-state index contributed by atoms with van der Waals surface area (Å²) in [6, 6.07) is 0. The summed E-state index contributed by atoms with van der Waals surface area (Å²) in [7, 11) is 3.75. The maximum atomic E-state index is 4.64. The number of halogens is 1. The smallest absolute Gasteiger partial charge is 0.0829 e. The van der Waals surface area contributed by atoms with Gasteiger partial charge in [-0.3, -0.25) is 0 Å². The van der Waals surface area contributed by atoms with Gasteiger partial charge >= 0.3 is 0 Å². The van der Waals surface area contributed by atoms with Crippen LogP contribution in [-0.4, -0.2) is 26.0 Å². The largest absolute Gasteiger partial charge is 0.474 e. The number of hydrogen-bond acceptors (Lipinski definition) is 2. The van der Waals surface area contributed by atoms with Crippen molar-refractivity contribution in [2.75, 3.05) is 20.5 Å². The third-order valence-corrected chi connectivity index (χ3v) is 0.192. The van der Waals surface area contributed by atoms with Crippen molar-refractivity contribution in [3.8, 4) is 0 Å². The molecule has 0 unspecified atom stereocenters. The van der Waals surface area contributed by atoms with E-state index in [0.29, 0.717) is 0 Å². The van der Waals surface area contributed by atoms with E-state index in [0.717, 1.165) is 0 Å². The highest BCUT2D eigenvalue weighted by atomic mass is 35.5. The minimum absolute atomic E-state index is 0. The molecule has 4 heteroatoms. The molecule has 0 aliphatic rings. The van der Waals surface area contributed by atoms with Gasteiger partial charge in [0.25, 0.3) is 0 Å². The number of rotatable bonds is 2. The second-order valence-electron chi connectivity index (χ2n) is 0.969. The minimum Gasteiger partial charge on any atom is -0.474 e. The maximum absolute atomic E-state index is 4.64. The maximum Gasteiger partial charge on any atom is 0.0829 e. The van der Waals surface area contributed by atoms with Gasteiger partial charge in [0, 0.05) is 6.38 Å². The van der Waals surface area contributed by atoms with Crippen LogP contribution in [0, 0.1) is 0 Å². The van der Waals surface area contributed by atoms with E-state index >= 15 is 0 Å². The lowest BCUT2D eigenvalue weighted by Gasteiger charge is -1.76. The third kappa shape index (κ3) is 240. The lowest BCUT2D eigenvalue weighted by molar-refractivity contribution is 0.406. The summed E-state index contributed by atoms with van der Waals surface area (Å²) >= 11 is 4.64. The summed E-state index contributed by atoms with van der Waals surface area (Å²) in [5, 5.41) is 2.75. The predicted molar refractivity (Wildman–Crippen MR) is 51.9 cm³/mol. The highest BCUT2D eigenvalue weighted by Gasteiger charge is 1.45. The van der Waals surface area contributed by atoms with Crippen LogP contribution < -0.4 is 5.32 Å². The van der Waals surface area contributed by atoms with Gasteiger partial charge in [0.15, 0.2) is 0 Å². The molecule has 11 heavy (non-hydrogen) atoms. The van der Waals surface area contributed by atoms with Crippen LogP contribution in [0.4, 0.5) is 0 Å². The van der Waals surface area contributed by atoms with Gasteiger partial charge < -0.3 is 15.5 Å². The molecule has 0 aliphatic carbocycles. The fourth-order valence-electron chi connectivity index (χ4n) is 0.0680. The zero-order valence-electron chi connectivity index (χ0n) is 7.36. The van der Waals surface area contributed by atoms with Crippen molar-refractivity contribution in [1.82, 2.24) is 5.32 Å². The molecule has 0 saturated carbocycles. The molecule has 0 heterocycles. The Morgan fingerprint density at radius 2 is 1.36 bits per heavy atom. The number of nitrogens with one attached hydrogen (secondary N) is 1. The van der Waals surface area contributed by atoms with E-state index in [1.54, 1.807) is 0 Å². The van der Waals surface area contributed by atoms with E-state index in [2.05, 4.69) is 34.8 Å². The van der Waals surface area contributed by atoms with Crippen LogP contribution in [-0.2, 0) is 4.74 Å². The number of hydrogen-bond donors (Lipinski definition) is 1. The van der Waals surface area contributed by atoms with Crippen LogP contribution in [0.25, 0.3) is 0 Å². The van der Waals surface area contributed by atoms with Crippen molar-refractivity contribution in [1.29, 1.82) is 0 Å². The van der Waals surface area contributed by atoms with E-state index in [-0.39, 0.29) is 5.48 Å². The van der Waals surface area contributed by atoms with Gasteiger partial charge in [0.1, 0.15) is 0 Å². The van der Waals surface area contributed by atoms with Gasteiger partial charge in [0.05, 0.1) is 12.5 Å². The van der Waals surface area contributed by atoms with Crippen molar-refractivity contribution in [3.05, 3.63) is 25.7 Å². The number of ether oxygens (including phenoxy) is 1. The van der Waals surface area contributed by atoms with Gasteiger partial charge in [-0.25, -0.2) is 0 Å². The predicted octanol–water partition coefficient (Wildman–Crippen LogP) is 1.16. The van der Waals surface area contributed by atoms with Crippen molar-refractivity contribution in [2.45, 2.75) is 0 Å². The molecular formula is C7H18ClNO2. The molecule has 0 amide bonds. The quantitative estimate of drug-likeness (QED) is 0.516. The second-order valence-corrected chi connectivity index (χ2v) is 0.969. The average Bonchev–Trinajstić information content (AvgIpc) is 1.96. The lowest BCUT2D eigenvalue weighted by Crippen LogP contribution is -1.89. The Morgan fingerprint density at radius 3 is 1.36 bits per heavy atom. The van der Waals surface area contributed by atoms with E-state index in [4.69, 9.17) is 0 Å². The molecule has 0 fully saturated rings. The lowest BCUT2D eigenvalue weighted by atomic mass is 11.1. The molecule has 0 saturated heterocycles. The van der Waals surface area contributed by atoms with E-state index < -0.39 is 0 Å². The van der Waals surface area contributed by atoms with Gasteiger partial charge in [0.2, 0.25) is 0 Å². The first-order valence-electron chi connectivity index (χ1n) is 2.67. The van der Waals surface area contributed by atoms with E-state index in [1.165, 1.54) is 18.9 Å². The van der Waals surface area contributed by atoms with Crippen molar-refractivity contribution in [3.63, 3.8) is 0 Å². The molecule has 0 atom stereocenters. The Labute approximate surface area is 74.0 Å². The molecule has 0 radical (unpaired) electrons. The van der Waals surface area contributed by atoms with Crippen LogP contribution in [0.15, 0.2) is 25.7 Å². The first-order chi connectivity index (χ1) is 4.83. The molecule has 3 nitrogen and oxygen atoms in total. The molecule has 0 aromatic heterocycles. The Kier molecular flexibility index (Phi) is 115. The van der Waals surface area contributed by atoms with Gasteiger partial charge in [-0.15, -0.1) is 11.6 Å². The molecular weight excluding hydrogens is 166 g/mol. The van der Waals surface area contributed by atoms with E-state index in [9.17, 15) is 0 Å². The Morgan fingerprint density at radius 1 is 1.18 bits per heavy atom. The monoisotopic (exact) mass is 183 g/mol. The van der Waals surface area contributed by atoms with Crippen molar-refractivity contribution in [2.24, 2.45) is 0 Å². The number of alkyl halides is 1. The molecule has 3 N–H and O–H groups in total. The van der Waals surface area contributed by atoms with Crippen LogP contribution in [0.2, 0.25) is 0 Å². The standard InChI is InChI=1S/C4H6O.C2H7N.CH3Cl.H2O/c1-3-5-4-2;1-3-2;1-2;/h3-4H,1-2H2;3H,1-2H3;1H3;1H2. The highest BCUT2D eigenvalue weighted by molar-refractivity contribution is 6.15. The van der Waals surface area contributed by atoms with E-state index in [1.807, 2.05) is 14.1 Å². The third-order valence-electron chi connectivity index (χ3n) is 0.192. The first-order valence-corrected chi connectivity index (χ1v) is 3.42. The summed E-state index contributed by atoms with van der Waals surface area (Å²) in [5.74, 6) is 0. The second kappa shape index (κ2) is 56.2. The molecule has 0 spiro atoms.